The average Bonchev–Trinajstić information content (AvgIpc) is 2.74. The van der Waals surface area contributed by atoms with Gasteiger partial charge in [0.1, 0.15) is 0 Å². The fraction of sp³-hybridized carbons (Fsp3) is 0.800. The quantitative estimate of drug-likeness (QED) is 0.316. The molecule has 0 radical (unpaired) electrons. The first-order chi connectivity index (χ1) is 6.66. The number of fused-ring (bicyclic) bond motifs is 2. The van der Waals surface area contributed by atoms with Gasteiger partial charge in [-0.2, -0.15) is 0 Å². The Morgan fingerprint density at radius 1 is 1.43 bits per heavy atom. The number of carbonyl (C=O) groups is 1. The van der Waals surface area contributed by atoms with Crippen molar-refractivity contribution in [2.24, 2.45) is 16.0 Å². The molecule has 0 amide bonds. The Labute approximate surface area is 82.9 Å². The molecule has 2 fully saturated rings. The van der Waals surface area contributed by atoms with Crippen LogP contribution in [0.1, 0.15) is 32.1 Å². The van der Waals surface area contributed by atoms with Gasteiger partial charge in [-0.3, -0.25) is 4.79 Å². The van der Waals surface area contributed by atoms with Gasteiger partial charge < -0.3 is 9.94 Å². The van der Waals surface area contributed by atoms with Crippen molar-refractivity contribution in [2.75, 3.05) is 7.11 Å². The molecule has 14 heavy (non-hydrogen) atoms. The van der Waals surface area contributed by atoms with Gasteiger partial charge in [-0.05, 0) is 32.1 Å². The fourth-order valence-electron chi connectivity index (χ4n) is 3.04. The summed E-state index contributed by atoms with van der Waals surface area (Å²) < 4.78 is 4.83. The van der Waals surface area contributed by atoms with Crippen LogP contribution in [0, 0.1) is 10.8 Å². The fourth-order valence-corrected chi connectivity index (χ4v) is 3.04. The van der Waals surface area contributed by atoms with Crippen molar-refractivity contribution >= 4 is 12.2 Å². The molecule has 0 aromatic heterocycles. The zero-order valence-corrected chi connectivity index (χ0v) is 8.32. The van der Waals surface area contributed by atoms with E-state index in [0.29, 0.717) is 0 Å². The number of nitrogens with zero attached hydrogens (tertiary/aromatic N) is 1. The second kappa shape index (κ2) is 2.97. The SMILES string of the molecule is COC(=O)C12CCC(C=NO)(CC1)C2. The molecule has 2 bridgehead atoms. The first-order valence-electron chi connectivity index (χ1n) is 4.93. The molecule has 2 aliphatic carbocycles. The smallest absolute Gasteiger partial charge is 0.311 e. The third-order valence-corrected chi connectivity index (χ3v) is 3.84. The molecule has 0 aromatic rings. The molecule has 0 aromatic carbocycles. The molecule has 0 spiro atoms. The maximum absolute atomic E-state index is 11.6. The lowest BCUT2D eigenvalue weighted by Gasteiger charge is -2.23. The van der Waals surface area contributed by atoms with Crippen LogP contribution in [0.5, 0.6) is 0 Å². The highest BCUT2D eigenvalue weighted by Crippen LogP contribution is 2.61. The van der Waals surface area contributed by atoms with Gasteiger partial charge in [0.25, 0.3) is 0 Å². The molecule has 0 heterocycles. The number of hydrogen-bond acceptors (Lipinski definition) is 4. The molecule has 2 aliphatic rings. The Morgan fingerprint density at radius 3 is 2.57 bits per heavy atom. The molecule has 0 aliphatic heterocycles. The average molecular weight is 197 g/mol. The van der Waals surface area contributed by atoms with Gasteiger partial charge in [0.05, 0.1) is 12.5 Å². The third kappa shape index (κ3) is 1.13. The van der Waals surface area contributed by atoms with E-state index in [1.807, 2.05) is 0 Å². The van der Waals surface area contributed by atoms with Crippen LogP contribution >= 0.6 is 0 Å². The zero-order chi connectivity index (χ0) is 10.2. The van der Waals surface area contributed by atoms with Crippen LogP contribution in [0.15, 0.2) is 5.16 Å². The summed E-state index contributed by atoms with van der Waals surface area (Å²) in [6.07, 6.45) is 6.00. The molecular weight excluding hydrogens is 182 g/mol. The summed E-state index contributed by atoms with van der Waals surface area (Å²) in [4.78, 5) is 11.6. The second-order valence-corrected chi connectivity index (χ2v) is 4.56. The monoisotopic (exact) mass is 197 g/mol. The van der Waals surface area contributed by atoms with Gasteiger partial charge in [0, 0.05) is 11.6 Å². The summed E-state index contributed by atoms with van der Waals surface area (Å²) in [6, 6.07) is 0. The van der Waals surface area contributed by atoms with Crippen molar-refractivity contribution in [3.05, 3.63) is 0 Å². The van der Waals surface area contributed by atoms with E-state index in [4.69, 9.17) is 9.94 Å². The number of ether oxygens (including phenoxy) is 1. The molecular formula is C10H15NO3. The van der Waals surface area contributed by atoms with Crippen LogP contribution in [0.4, 0.5) is 0 Å². The highest BCUT2D eigenvalue weighted by atomic mass is 16.5. The van der Waals surface area contributed by atoms with Crippen molar-refractivity contribution in [2.45, 2.75) is 32.1 Å². The highest BCUT2D eigenvalue weighted by Gasteiger charge is 2.58. The lowest BCUT2D eigenvalue weighted by atomic mass is 9.82. The number of hydrogen-bond donors (Lipinski definition) is 1. The highest BCUT2D eigenvalue weighted by molar-refractivity contribution is 5.81. The lowest BCUT2D eigenvalue weighted by Crippen LogP contribution is -2.27. The van der Waals surface area contributed by atoms with Crippen molar-refractivity contribution in [3.63, 3.8) is 0 Å². The summed E-state index contributed by atoms with van der Waals surface area (Å²) in [5, 5.41) is 11.7. The van der Waals surface area contributed by atoms with E-state index in [9.17, 15) is 4.79 Å². The van der Waals surface area contributed by atoms with Crippen molar-refractivity contribution < 1.29 is 14.7 Å². The molecule has 2 saturated carbocycles. The number of esters is 1. The van der Waals surface area contributed by atoms with Gasteiger partial charge in [-0.15, -0.1) is 5.16 Å². The first-order valence-corrected chi connectivity index (χ1v) is 4.93. The predicted octanol–water partition coefficient (Wildman–Crippen LogP) is 1.57. The summed E-state index contributed by atoms with van der Waals surface area (Å²) in [5.74, 6) is -0.0942. The van der Waals surface area contributed by atoms with E-state index in [-0.39, 0.29) is 16.8 Å². The van der Waals surface area contributed by atoms with E-state index >= 15 is 0 Å². The lowest BCUT2D eigenvalue weighted by molar-refractivity contribution is -0.152. The topological polar surface area (TPSA) is 58.9 Å². The number of oxime groups is 1. The minimum atomic E-state index is -0.282. The van der Waals surface area contributed by atoms with E-state index in [1.165, 1.54) is 7.11 Å². The molecule has 2 rings (SSSR count). The molecule has 4 nitrogen and oxygen atoms in total. The van der Waals surface area contributed by atoms with E-state index in [2.05, 4.69) is 5.16 Å². The Balaban J connectivity index is 2.20. The normalized spacial score (nSPS) is 40.6. The van der Waals surface area contributed by atoms with Crippen molar-refractivity contribution in [1.82, 2.24) is 0 Å². The summed E-state index contributed by atoms with van der Waals surface area (Å²) in [5.41, 5.74) is -0.321. The number of rotatable bonds is 2. The zero-order valence-electron chi connectivity index (χ0n) is 8.32. The Morgan fingerprint density at radius 2 is 2.07 bits per heavy atom. The summed E-state index contributed by atoms with van der Waals surface area (Å²) in [6.45, 7) is 0. The van der Waals surface area contributed by atoms with Crippen molar-refractivity contribution in [3.8, 4) is 0 Å². The van der Waals surface area contributed by atoms with Gasteiger partial charge in [-0.1, -0.05) is 0 Å². The summed E-state index contributed by atoms with van der Waals surface area (Å²) in [7, 11) is 1.44. The van der Waals surface area contributed by atoms with Crippen molar-refractivity contribution in [1.29, 1.82) is 0 Å². The van der Waals surface area contributed by atoms with Gasteiger partial charge in [0.2, 0.25) is 0 Å². The molecule has 1 N–H and O–H groups in total. The van der Waals surface area contributed by atoms with Gasteiger partial charge in [0.15, 0.2) is 0 Å². The first kappa shape index (κ1) is 9.49. The second-order valence-electron chi connectivity index (χ2n) is 4.56. The Bertz CT molecular complexity index is 277. The van der Waals surface area contributed by atoms with Crippen LogP contribution in [0.2, 0.25) is 0 Å². The Hall–Kier alpha value is -1.06. The van der Waals surface area contributed by atoms with E-state index in [0.717, 1.165) is 32.1 Å². The van der Waals surface area contributed by atoms with Gasteiger partial charge >= 0.3 is 5.97 Å². The molecule has 0 unspecified atom stereocenters. The number of carbonyl (C=O) groups excluding carboxylic acids is 1. The van der Waals surface area contributed by atoms with Crippen LogP contribution in [0.25, 0.3) is 0 Å². The predicted molar refractivity (Wildman–Crippen MR) is 50.2 cm³/mol. The van der Waals surface area contributed by atoms with E-state index < -0.39 is 0 Å². The largest absolute Gasteiger partial charge is 0.469 e. The van der Waals surface area contributed by atoms with E-state index in [1.54, 1.807) is 6.21 Å². The Kier molecular flexibility index (Phi) is 2.01. The van der Waals surface area contributed by atoms with Crippen LogP contribution < -0.4 is 0 Å². The van der Waals surface area contributed by atoms with Crippen LogP contribution in [-0.4, -0.2) is 24.5 Å². The maximum atomic E-state index is 11.6. The van der Waals surface area contributed by atoms with Gasteiger partial charge in [-0.25, -0.2) is 0 Å². The third-order valence-electron chi connectivity index (χ3n) is 3.84. The molecule has 0 saturated heterocycles. The standard InChI is InChI=1S/C10H15NO3/c1-14-8(12)10-4-2-9(6-10,3-5-10)7-11-13/h7,13H,2-6H2,1H3. The molecule has 0 atom stereocenters. The molecule has 78 valence electrons. The van der Waals surface area contributed by atoms with Crippen LogP contribution in [-0.2, 0) is 9.53 Å². The minimum Gasteiger partial charge on any atom is -0.469 e. The molecule has 4 heteroatoms. The number of methoxy groups -OCH3 is 1. The maximum Gasteiger partial charge on any atom is 0.311 e. The summed E-state index contributed by atoms with van der Waals surface area (Å²) >= 11 is 0. The van der Waals surface area contributed by atoms with Crippen LogP contribution in [0.3, 0.4) is 0 Å². The minimum absolute atomic E-state index is 0.0387.